The van der Waals surface area contributed by atoms with Gasteiger partial charge in [0.2, 0.25) is 0 Å². The van der Waals surface area contributed by atoms with Gasteiger partial charge in [-0.1, -0.05) is 13.0 Å². The number of benzene rings is 1. The molecular weight excluding hydrogens is 234 g/mol. The summed E-state index contributed by atoms with van der Waals surface area (Å²) in [5.41, 5.74) is 3.15. The van der Waals surface area contributed by atoms with E-state index in [1.807, 2.05) is 26.0 Å². The first-order chi connectivity index (χ1) is 7.95. The van der Waals surface area contributed by atoms with E-state index in [1.165, 1.54) is 0 Å². The minimum absolute atomic E-state index is 0.0331. The second-order valence-electron chi connectivity index (χ2n) is 4.76. The Labute approximate surface area is 103 Å². The Morgan fingerprint density at radius 1 is 1.29 bits per heavy atom. The minimum atomic E-state index is -3.09. The van der Waals surface area contributed by atoms with E-state index in [2.05, 4.69) is 12.2 Å². The normalized spacial score (nSPS) is 21.5. The Hall–Kier alpha value is -0.870. The zero-order valence-electron chi connectivity index (χ0n) is 10.6. The van der Waals surface area contributed by atoms with Crippen molar-refractivity contribution in [3.63, 3.8) is 0 Å². The van der Waals surface area contributed by atoms with Crippen LogP contribution in [0.2, 0.25) is 0 Å². The standard InChI is InChI=1S/C13H19NO2S/c1-4-5-14-12-8-17(15,16)13-7-10(3)9(2)6-11(12)13/h6-7,12,14H,4-5,8H2,1-3H3. The Kier molecular flexibility index (Phi) is 3.27. The molecule has 4 heteroatoms. The van der Waals surface area contributed by atoms with E-state index in [0.717, 1.165) is 29.7 Å². The van der Waals surface area contributed by atoms with E-state index in [9.17, 15) is 8.42 Å². The average Bonchev–Trinajstić information content (AvgIpc) is 2.49. The molecule has 1 atom stereocenters. The van der Waals surface area contributed by atoms with Crippen LogP contribution in [0.5, 0.6) is 0 Å². The molecule has 17 heavy (non-hydrogen) atoms. The zero-order chi connectivity index (χ0) is 12.6. The highest BCUT2D eigenvalue weighted by Crippen LogP contribution is 2.35. The average molecular weight is 253 g/mol. The molecule has 0 fully saturated rings. The highest BCUT2D eigenvalue weighted by molar-refractivity contribution is 7.91. The number of hydrogen-bond acceptors (Lipinski definition) is 3. The predicted molar refractivity (Wildman–Crippen MR) is 69.0 cm³/mol. The number of aryl methyl sites for hydroxylation is 2. The molecule has 0 aromatic heterocycles. The molecule has 2 rings (SSSR count). The molecule has 0 amide bonds. The Morgan fingerprint density at radius 2 is 1.94 bits per heavy atom. The molecule has 0 saturated carbocycles. The van der Waals surface area contributed by atoms with Crippen LogP contribution in [0.1, 0.15) is 36.1 Å². The van der Waals surface area contributed by atoms with Gasteiger partial charge in [-0.15, -0.1) is 0 Å². The predicted octanol–water partition coefficient (Wildman–Crippen LogP) is 2.13. The molecule has 0 radical (unpaired) electrons. The Morgan fingerprint density at radius 3 is 2.59 bits per heavy atom. The summed E-state index contributed by atoms with van der Waals surface area (Å²) >= 11 is 0. The molecule has 1 aliphatic rings. The van der Waals surface area contributed by atoms with Crippen molar-refractivity contribution in [2.45, 2.75) is 38.1 Å². The van der Waals surface area contributed by atoms with Crippen LogP contribution in [0.15, 0.2) is 17.0 Å². The quantitative estimate of drug-likeness (QED) is 0.897. The first-order valence-corrected chi connectivity index (χ1v) is 7.68. The van der Waals surface area contributed by atoms with Crippen molar-refractivity contribution < 1.29 is 8.42 Å². The lowest BCUT2D eigenvalue weighted by Crippen LogP contribution is -2.23. The second-order valence-corrected chi connectivity index (χ2v) is 6.77. The zero-order valence-corrected chi connectivity index (χ0v) is 11.4. The Bertz CT molecular complexity index is 535. The van der Waals surface area contributed by atoms with Crippen LogP contribution in [0.4, 0.5) is 0 Å². The number of sulfone groups is 1. The van der Waals surface area contributed by atoms with Crippen molar-refractivity contribution in [2.75, 3.05) is 12.3 Å². The van der Waals surface area contributed by atoms with Crippen LogP contribution in [0.25, 0.3) is 0 Å². The van der Waals surface area contributed by atoms with E-state index in [4.69, 9.17) is 0 Å². The van der Waals surface area contributed by atoms with Crippen molar-refractivity contribution in [3.8, 4) is 0 Å². The maximum Gasteiger partial charge on any atom is 0.180 e. The van der Waals surface area contributed by atoms with Gasteiger partial charge in [0.1, 0.15) is 0 Å². The number of fused-ring (bicyclic) bond motifs is 1. The third-order valence-corrected chi connectivity index (χ3v) is 5.16. The molecule has 1 aromatic rings. The molecule has 1 N–H and O–H groups in total. The van der Waals surface area contributed by atoms with Crippen LogP contribution < -0.4 is 5.32 Å². The number of rotatable bonds is 3. The molecule has 0 bridgehead atoms. The first kappa shape index (κ1) is 12.6. The molecule has 94 valence electrons. The Balaban J connectivity index is 2.46. The van der Waals surface area contributed by atoms with Crippen molar-refractivity contribution in [3.05, 3.63) is 28.8 Å². The summed E-state index contributed by atoms with van der Waals surface area (Å²) in [7, 11) is -3.09. The second kappa shape index (κ2) is 4.42. The fourth-order valence-corrected chi connectivity index (χ4v) is 4.07. The van der Waals surface area contributed by atoms with Gasteiger partial charge in [-0.05, 0) is 49.6 Å². The monoisotopic (exact) mass is 253 g/mol. The molecule has 1 aromatic carbocycles. The summed E-state index contributed by atoms with van der Waals surface area (Å²) < 4.78 is 24.1. The summed E-state index contributed by atoms with van der Waals surface area (Å²) in [6.07, 6.45) is 1.01. The van der Waals surface area contributed by atoms with Gasteiger partial charge in [-0.2, -0.15) is 0 Å². The van der Waals surface area contributed by atoms with Crippen molar-refractivity contribution in [1.82, 2.24) is 5.32 Å². The maximum absolute atomic E-state index is 12.1. The molecule has 0 saturated heterocycles. The van der Waals surface area contributed by atoms with Gasteiger partial charge in [-0.25, -0.2) is 8.42 Å². The highest BCUT2D eigenvalue weighted by atomic mass is 32.2. The molecule has 0 spiro atoms. The van der Waals surface area contributed by atoms with Gasteiger partial charge >= 0.3 is 0 Å². The van der Waals surface area contributed by atoms with E-state index in [-0.39, 0.29) is 11.8 Å². The van der Waals surface area contributed by atoms with Gasteiger partial charge < -0.3 is 5.32 Å². The molecule has 1 unspecified atom stereocenters. The van der Waals surface area contributed by atoms with Crippen LogP contribution in [0, 0.1) is 13.8 Å². The topological polar surface area (TPSA) is 46.2 Å². The first-order valence-electron chi connectivity index (χ1n) is 6.03. The van der Waals surface area contributed by atoms with Crippen molar-refractivity contribution in [1.29, 1.82) is 0 Å². The van der Waals surface area contributed by atoms with Gasteiger partial charge in [-0.3, -0.25) is 0 Å². The SMILES string of the molecule is CCCNC1CS(=O)(=O)c2cc(C)c(C)cc21. The largest absolute Gasteiger partial charge is 0.309 e. The molecular formula is C13H19NO2S. The number of nitrogens with one attached hydrogen (secondary N) is 1. The summed E-state index contributed by atoms with van der Waals surface area (Å²) in [5, 5.41) is 3.31. The lowest BCUT2D eigenvalue weighted by molar-refractivity contribution is 0.564. The molecule has 1 heterocycles. The summed E-state index contributed by atoms with van der Waals surface area (Å²) in [6.45, 7) is 6.92. The summed E-state index contributed by atoms with van der Waals surface area (Å²) in [6, 6.07) is 3.80. The number of hydrogen-bond donors (Lipinski definition) is 1. The van der Waals surface area contributed by atoms with Crippen LogP contribution >= 0.6 is 0 Å². The molecule has 1 aliphatic heterocycles. The molecule has 3 nitrogen and oxygen atoms in total. The molecule has 0 aliphatic carbocycles. The van der Waals surface area contributed by atoms with Gasteiger partial charge in [0.15, 0.2) is 9.84 Å². The van der Waals surface area contributed by atoms with Crippen LogP contribution in [0.3, 0.4) is 0 Å². The fraction of sp³-hybridized carbons (Fsp3) is 0.538. The van der Waals surface area contributed by atoms with E-state index in [1.54, 1.807) is 0 Å². The lowest BCUT2D eigenvalue weighted by atomic mass is 10.0. The summed E-state index contributed by atoms with van der Waals surface area (Å²) in [5.74, 6) is 0.200. The van der Waals surface area contributed by atoms with E-state index in [0.29, 0.717) is 4.90 Å². The fourth-order valence-electron chi connectivity index (χ4n) is 2.24. The van der Waals surface area contributed by atoms with Crippen molar-refractivity contribution >= 4 is 9.84 Å². The highest BCUT2D eigenvalue weighted by Gasteiger charge is 2.34. The third kappa shape index (κ3) is 2.24. The van der Waals surface area contributed by atoms with Gasteiger partial charge in [0.25, 0.3) is 0 Å². The third-order valence-electron chi connectivity index (χ3n) is 3.36. The van der Waals surface area contributed by atoms with Crippen molar-refractivity contribution in [2.24, 2.45) is 0 Å². The maximum atomic E-state index is 12.1. The summed E-state index contributed by atoms with van der Waals surface area (Å²) in [4.78, 5) is 0.522. The lowest BCUT2D eigenvalue weighted by Gasteiger charge is -2.12. The van der Waals surface area contributed by atoms with Gasteiger partial charge in [0, 0.05) is 6.04 Å². The van der Waals surface area contributed by atoms with E-state index < -0.39 is 9.84 Å². The minimum Gasteiger partial charge on any atom is -0.309 e. The van der Waals surface area contributed by atoms with Gasteiger partial charge in [0.05, 0.1) is 10.6 Å². The van der Waals surface area contributed by atoms with E-state index >= 15 is 0 Å². The van der Waals surface area contributed by atoms with Crippen LogP contribution in [-0.2, 0) is 9.84 Å². The van der Waals surface area contributed by atoms with Crippen LogP contribution in [-0.4, -0.2) is 20.7 Å². The smallest absolute Gasteiger partial charge is 0.180 e.